The predicted octanol–water partition coefficient (Wildman–Crippen LogP) is 1.99. The minimum absolute atomic E-state index is 0.139. The first kappa shape index (κ1) is 15.1. The van der Waals surface area contributed by atoms with Crippen molar-refractivity contribution in [3.8, 4) is 5.75 Å². The Bertz CT molecular complexity index is 572. The number of sulfonamides is 1. The van der Waals surface area contributed by atoms with Crippen LogP contribution in [0.1, 0.15) is 26.2 Å². The highest BCUT2D eigenvalue weighted by Crippen LogP contribution is 2.30. The van der Waals surface area contributed by atoms with Gasteiger partial charge >= 0.3 is 0 Å². The molecule has 0 radical (unpaired) electrons. The van der Waals surface area contributed by atoms with E-state index >= 15 is 0 Å². The van der Waals surface area contributed by atoms with Crippen LogP contribution in [-0.4, -0.2) is 22.1 Å². The Kier molecular flexibility index (Phi) is 4.55. The number of ether oxygens (including phenoxy) is 1. The van der Waals surface area contributed by atoms with Gasteiger partial charge in [0.2, 0.25) is 10.0 Å². The van der Waals surface area contributed by atoms with E-state index in [9.17, 15) is 8.42 Å². The van der Waals surface area contributed by atoms with E-state index < -0.39 is 10.0 Å². The van der Waals surface area contributed by atoms with Gasteiger partial charge in [0.25, 0.3) is 0 Å². The van der Waals surface area contributed by atoms with E-state index in [-0.39, 0.29) is 10.6 Å². The second-order valence-electron chi connectivity index (χ2n) is 5.55. The second-order valence-corrected chi connectivity index (χ2v) is 7.28. The molecule has 6 heteroatoms. The summed E-state index contributed by atoms with van der Waals surface area (Å²) in [6.45, 7) is 2.69. The molecule has 1 saturated carbocycles. The molecule has 3 N–H and O–H groups in total. The van der Waals surface area contributed by atoms with Gasteiger partial charge in [0.15, 0.2) is 0 Å². The summed E-state index contributed by atoms with van der Waals surface area (Å²) in [4.78, 5) is 0.139. The number of benzene rings is 1. The second kappa shape index (κ2) is 6.01. The number of methoxy groups -OCH3 is 1. The molecule has 2 rings (SSSR count). The van der Waals surface area contributed by atoms with Crippen molar-refractivity contribution < 1.29 is 13.2 Å². The maximum atomic E-state index is 12.3. The maximum Gasteiger partial charge on any atom is 0.244 e. The molecule has 20 heavy (non-hydrogen) atoms. The largest absolute Gasteiger partial charge is 0.495 e. The Morgan fingerprint density at radius 1 is 1.40 bits per heavy atom. The van der Waals surface area contributed by atoms with Crippen molar-refractivity contribution in [2.45, 2.75) is 31.1 Å². The van der Waals surface area contributed by atoms with Crippen molar-refractivity contribution in [2.75, 3.05) is 19.4 Å². The maximum absolute atomic E-state index is 12.3. The van der Waals surface area contributed by atoms with Gasteiger partial charge in [-0.2, -0.15) is 0 Å². The molecular formula is C14H22N2O3S. The molecule has 112 valence electrons. The summed E-state index contributed by atoms with van der Waals surface area (Å²) in [5.41, 5.74) is 6.12. The Morgan fingerprint density at radius 2 is 2.15 bits per heavy atom. The van der Waals surface area contributed by atoms with Crippen LogP contribution in [0, 0.1) is 11.8 Å². The summed E-state index contributed by atoms with van der Waals surface area (Å²) in [5.74, 6) is 1.40. The van der Waals surface area contributed by atoms with E-state index in [1.165, 1.54) is 25.7 Å². The lowest BCUT2D eigenvalue weighted by Crippen LogP contribution is -2.29. The highest BCUT2D eigenvalue weighted by Gasteiger charge is 2.25. The van der Waals surface area contributed by atoms with Gasteiger partial charge in [-0.05, 0) is 36.8 Å². The molecule has 1 aromatic carbocycles. The number of nitrogen functional groups attached to an aromatic ring is 1. The van der Waals surface area contributed by atoms with Crippen LogP contribution >= 0.6 is 0 Å². The van der Waals surface area contributed by atoms with Gasteiger partial charge < -0.3 is 10.5 Å². The topological polar surface area (TPSA) is 81.4 Å². The molecule has 0 amide bonds. The van der Waals surface area contributed by atoms with Crippen molar-refractivity contribution in [3.63, 3.8) is 0 Å². The van der Waals surface area contributed by atoms with Gasteiger partial charge in [0, 0.05) is 18.3 Å². The van der Waals surface area contributed by atoms with E-state index in [4.69, 9.17) is 10.5 Å². The zero-order chi connectivity index (χ0) is 14.8. The van der Waals surface area contributed by atoms with Gasteiger partial charge in [-0.15, -0.1) is 0 Å². The summed E-state index contributed by atoms with van der Waals surface area (Å²) in [6, 6.07) is 4.56. The standard InChI is InChI=1S/C14H22N2O3S/c1-10-3-4-11(7-10)9-16-20(17,18)14-6-5-12(15)8-13(14)19-2/h5-6,8,10-11,16H,3-4,7,9,15H2,1-2H3. The Morgan fingerprint density at radius 3 is 2.75 bits per heavy atom. The molecule has 1 fully saturated rings. The fourth-order valence-electron chi connectivity index (χ4n) is 2.72. The molecular weight excluding hydrogens is 276 g/mol. The fourth-order valence-corrected chi connectivity index (χ4v) is 3.99. The van der Waals surface area contributed by atoms with Gasteiger partial charge in [-0.25, -0.2) is 13.1 Å². The number of anilines is 1. The van der Waals surface area contributed by atoms with Crippen molar-refractivity contribution in [3.05, 3.63) is 18.2 Å². The Labute approximate surface area is 120 Å². The van der Waals surface area contributed by atoms with Gasteiger partial charge in [-0.3, -0.25) is 0 Å². The molecule has 2 unspecified atom stereocenters. The number of rotatable bonds is 5. The smallest absolute Gasteiger partial charge is 0.244 e. The molecule has 5 nitrogen and oxygen atoms in total. The van der Waals surface area contributed by atoms with Gasteiger partial charge in [0.1, 0.15) is 10.6 Å². The third-order valence-electron chi connectivity index (χ3n) is 3.84. The minimum Gasteiger partial charge on any atom is -0.495 e. The molecule has 0 aliphatic heterocycles. The average Bonchev–Trinajstić information content (AvgIpc) is 2.82. The molecule has 2 atom stereocenters. The first-order valence-electron chi connectivity index (χ1n) is 6.85. The highest BCUT2D eigenvalue weighted by atomic mass is 32.2. The van der Waals surface area contributed by atoms with Gasteiger partial charge in [-0.1, -0.05) is 13.3 Å². The van der Waals surface area contributed by atoms with Crippen LogP contribution in [0.15, 0.2) is 23.1 Å². The SMILES string of the molecule is COc1cc(N)ccc1S(=O)(=O)NCC1CCC(C)C1. The number of hydrogen-bond donors (Lipinski definition) is 2. The van der Waals surface area contributed by atoms with E-state index in [0.717, 1.165) is 12.8 Å². The Hall–Kier alpha value is -1.27. The molecule has 1 aromatic rings. The molecule has 0 saturated heterocycles. The van der Waals surface area contributed by atoms with Crippen LogP contribution in [0.2, 0.25) is 0 Å². The predicted molar refractivity (Wildman–Crippen MR) is 79.1 cm³/mol. The molecule has 0 bridgehead atoms. The molecule has 1 aliphatic rings. The lowest BCUT2D eigenvalue weighted by atomic mass is 10.1. The quantitative estimate of drug-likeness (QED) is 0.815. The van der Waals surface area contributed by atoms with Crippen LogP contribution < -0.4 is 15.2 Å². The summed E-state index contributed by atoms with van der Waals surface area (Å²) >= 11 is 0. The minimum atomic E-state index is -3.56. The third kappa shape index (κ3) is 3.43. The molecule has 0 heterocycles. The van der Waals surface area contributed by atoms with Crippen molar-refractivity contribution in [2.24, 2.45) is 11.8 Å². The monoisotopic (exact) mass is 298 g/mol. The molecule has 1 aliphatic carbocycles. The van der Waals surface area contributed by atoms with Crippen LogP contribution in [0.5, 0.6) is 5.75 Å². The summed E-state index contributed by atoms with van der Waals surface area (Å²) in [7, 11) is -2.12. The van der Waals surface area contributed by atoms with Crippen LogP contribution in [0.4, 0.5) is 5.69 Å². The summed E-state index contributed by atoms with van der Waals surface area (Å²) in [5, 5.41) is 0. The van der Waals surface area contributed by atoms with Crippen LogP contribution in [0.25, 0.3) is 0 Å². The van der Waals surface area contributed by atoms with E-state index in [1.807, 2.05) is 0 Å². The lowest BCUT2D eigenvalue weighted by molar-refractivity contribution is 0.402. The van der Waals surface area contributed by atoms with E-state index in [1.54, 1.807) is 6.07 Å². The van der Waals surface area contributed by atoms with Crippen molar-refractivity contribution in [1.82, 2.24) is 4.72 Å². The van der Waals surface area contributed by atoms with E-state index in [0.29, 0.717) is 24.1 Å². The normalized spacial score (nSPS) is 22.9. The van der Waals surface area contributed by atoms with E-state index in [2.05, 4.69) is 11.6 Å². The number of nitrogens with two attached hydrogens (primary N) is 1. The summed E-state index contributed by atoms with van der Waals surface area (Å²) < 4.78 is 32.4. The van der Waals surface area contributed by atoms with Crippen molar-refractivity contribution >= 4 is 15.7 Å². The number of nitrogens with one attached hydrogen (secondary N) is 1. The highest BCUT2D eigenvalue weighted by molar-refractivity contribution is 7.89. The first-order valence-corrected chi connectivity index (χ1v) is 8.34. The van der Waals surface area contributed by atoms with Crippen molar-refractivity contribution in [1.29, 1.82) is 0 Å². The zero-order valence-electron chi connectivity index (χ0n) is 11.9. The Balaban J connectivity index is 2.10. The summed E-state index contributed by atoms with van der Waals surface area (Å²) in [6.07, 6.45) is 3.35. The zero-order valence-corrected chi connectivity index (χ0v) is 12.7. The van der Waals surface area contributed by atoms with Crippen LogP contribution in [0.3, 0.4) is 0 Å². The average molecular weight is 298 g/mol. The first-order chi connectivity index (χ1) is 9.42. The third-order valence-corrected chi connectivity index (χ3v) is 5.31. The number of hydrogen-bond acceptors (Lipinski definition) is 4. The van der Waals surface area contributed by atoms with Crippen LogP contribution in [-0.2, 0) is 10.0 Å². The fraction of sp³-hybridized carbons (Fsp3) is 0.571. The van der Waals surface area contributed by atoms with Gasteiger partial charge in [0.05, 0.1) is 7.11 Å². The molecule has 0 aromatic heterocycles. The lowest BCUT2D eigenvalue weighted by Gasteiger charge is -2.14. The molecule has 0 spiro atoms.